The van der Waals surface area contributed by atoms with Crippen molar-refractivity contribution in [3.05, 3.63) is 23.3 Å². The number of nitriles is 1. The van der Waals surface area contributed by atoms with Crippen molar-refractivity contribution in [1.82, 2.24) is 0 Å². The van der Waals surface area contributed by atoms with Gasteiger partial charge in [-0.15, -0.1) is 0 Å². The molecule has 3 heteroatoms. The summed E-state index contributed by atoms with van der Waals surface area (Å²) in [4.78, 5) is 0. The van der Waals surface area contributed by atoms with Gasteiger partial charge in [0.2, 0.25) is 0 Å². The predicted octanol–water partition coefficient (Wildman–Crippen LogP) is 3.81. The lowest BCUT2D eigenvalue weighted by Gasteiger charge is -2.27. The van der Waals surface area contributed by atoms with Crippen LogP contribution in [0.25, 0.3) is 0 Å². The van der Waals surface area contributed by atoms with E-state index in [0.29, 0.717) is 6.04 Å². The third kappa shape index (κ3) is 3.20. The molecule has 0 saturated heterocycles. The Balaban J connectivity index is 2.09. The van der Waals surface area contributed by atoms with Crippen LogP contribution in [0.1, 0.15) is 36.8 Å². The van der Waals surface area contributed by atoms with Crippen LogP contribution >= 0.6 is 0 Å². The molecule has 0 amide bonds. The van der Waals surface area contributed by atoms with Gasteiger partial charge in [-0.1, -0.05) is 6.07 Å². The zero-order valence-corrected chi connectivity index (χ0v) is 12.0. The van der Waals surface area contributed by atoms with Gasteiger partial charge in [0.25, 0.3) is 0 Å². The maximum atomic E-state index is 8.93. The second-order valence-corrected chi connectivity index (χ2v) is 5.48. The molecule has 2 rings (SSSR count). The van der Waals surface area contributed by atoms with Crippen molar-refractivity contribution in [2.24, 2.45) is 5.92 Å². The summed E-state index contributed by atoms with van der Waals surface area (Å²) in [5.74, 6) is 1.19. The molecule has 0 aliphatic heterocycles. The first kappa shape index (κ1) is 13.7. The highest BCUT2D eigenvalue weighted by molar-refractivity contribution is 5.62. The minimum Gasteiger partial charge on any atom is -0.494 e. The number of ether oxygens (including phenoxy) is 1. The fourth-order valence-electron chi connectivity index (χ4n) is 2.92. The number of nitrogens with one attached hydrogen (secondary N) is 1. The molecule has 3 nitrogen and oxygen atoms in total. The largest absolute Gasteiger partial charge is 0.494 e. The molecule has 0 atom stereocenters. The molecule has 1 aromatic rings. The first-order valence-corrected chi connectivity index (χ1v) is 6.95. The number of hydrogen-bond donors (Lipinski definition) is 1. The van der Waals surface area contributed by atoms with Crippen molar-refractivity contribution in [3.8, 4) is 11.8 Å². The smallest absolute Gasteiger partial charge is 0.144 e. The summed E-state index contributed by atoms with van der Waals surface area (Å²) >= 11 is 0. The number of aryl methyl sites for hydroxylation is 2. The quantitative estimate of drug-likeness (QED) is 0.896. The molecule has 0 spiro atoms. The number of rotatable bonds is 3. The van der Waals surface area contributed by atoms with E-state index in [9.17, 15) is 0 Å². The molecule has 0 heterocycles. The average molecular weight is 258 g/mol. The molecule has 0 unspecified atom stereocenters. The predicted molar refractivity (Wildman–Crippen MR) is 77.4 cm³/mol. The summed E-state index contributed by atoms with van der Waals surface area (Å²) in [6, 6.07) is 7.11. The third-order valence-corrected chi connectivity index (χ3v) is 3.89. The number of benzene rings is 1. The Bertz CT molecular complexity index is 482. The van der Waals surface area contributed by atoms with Gasteiger partial charge in [-0.2, -0.15) is 5.26 Å². The Morgan fingerprint density at radius 1 is 1.21 bits per heavy atom. The molecule has 0 aromatic heterocycles. The van der Waals surface area contributed by atoms with Crippen molar-refractivity contribution in [1.29, 1.82) is 5.26 Å². The molecule has 0 bridgehead atoms. The van der Waals surface area contributed by atoms with E-state index in [-0.39, 0.29) is 5.92 Å². The highest BCUT2D eigenvalue weighted by Gasteiger charge is 2.21. The number of nitrogens with zero attached hydrogens (tertiary/aromatic N) is 1. The van der Waals surface area contributed by atoms with Gasteiger partial charge in [0.05, 0.1) is 18.9 Å². The lowest BCUT2D eigenvalue weighted by molar-refractivity contribution is 0.391. The van der Waals surface area contributed by atoms with Crippen LogP contribution in [0.15, 0.2) is 12.1 Å². The van der Waals surface area contributed by atoms with E-state index < -0.39 is 0 Å². The Morgan fingerprint density at radius 3 is 2.47 bits per heavy atom. The van der Waals surface area contributed by atoms with Crippen LogP contribution in [0, 0.1) is 31.1 Å². The Morgan fingerprint density at radius 2 is 1.89 bits per heavy atom. The standard InChI is InChI=1S/C16H22N2O/c1-11-8-12(2)16(19-3)15(9-11)18-14-6-4-13(10-17)5-7-14/h8-9,13-14,18H,4-7H2,1-3H3. The van der Waals surface area contributed by atoms with Crippen LogP contribution in [-0.4, -0.2) is 13.2 Å². The van der Waals surface area contributed by atoms with Crippen molar-refractivity contribution in [2.45, 2.75) is 45.6 Å². The molecule has 0 radical (unpaired) electrons. The van der Waals surface area contributed by atoms with Crippen LogP contribution in [0.4, 0.5) is 5.69 Å². The van der Waals surface area contributed by atoms with Crippen LogP contribution < -0.4 is 10.1 Å². The first-order chi connectivity index (χ1) is 9.13. The van der Waals surface area contributed by atoms with E-state index in [4.69, 9.17) is 10.00 Å². The zero-order valence-electron chi connectivity index (χ0n) is 12.0. The van der Waals surface area contributed by atoms with E-state index in [1.165, 1.54) is 5.56 Å². The highest BCUT2D eigenvalue weighted by atomic mass is 16.5. The monoisotopic (exact) mass is 258 g/mol. The van der Waals surface area contributed by atoms with E-state index in [2.05, 4.69) is 37.4 Å². The molecule has 1 aliphatic rings. The van der Waals surface area contributed by atoms with Gasteiger partial charge >= 0.3 is 0 Å². The lowest BCUT2D eigenvalue weighted by Crippen LogP contribution is -2.26. The van der Waals surface area contributed by atoms with Gasteiger partial charge in [-0.3, -0.25) is 0 Å². The Kier molecular flexibility index (Phi) is 4.31. The highest BCUT2D eigenvalue weighted by Crippen LogP contribution is 2.33. The minimum absolute atomic E-state index is 0.249. The van der Waals surface area contributed by atoms with E-state index in [1.54, 1.807) is 7.11 Å². The summed E-state index contributed by atoms with van der Waals surface area (Å²) in [6.07, 6.45) is 4.13. The molecule has 1 N–H and O–H groups in total. The summed E-state index contributed by atoms with van der Waals surface area (Å²) in [6.45, 7) is 4.17. The fourth-order valence-corrected chi connectivity index (χ4v) is 2.92. The minimum atomic E-state index is 0.249. The van der Waals surface area contributed by atoms with Crippen molar-refractivity contribution < 1.29 is 4.74 Å². The number of methoxy groups -OCH3 is 1. The maximum absolute atomic E-state index is 8.93. The van der Waals surface area contributed by atoms with E-state index in [1.807, 2.05) is 0 Å². The zero-order chi connectivity index (χ0) is 13.8. The van der Waals surface area contributed by atoms with Gasteiger partial charge in [0, 0.05) is 12.0 Å². The third-order valence-electron chi connectivity index (χ3n) is 3.89. The second kappa shape index (κ2) is 5.97. The molecule has 102 valence electrons. The van der Waals surface area contributed by atoms with Gasteiger partial charge in [-0.05, 0) is 56.7 Å². The van der Waals surface area contributed by atoms with E-state index >= 15 is 0 Å². The molecule has 1 aromatic carbocycles. The number of hydrogen-bond acceptors (Lipinski definition) is 3. The molecule has 1 aliphatic carbocycles. The van der Waals surface area contributed by atoms with Crippen LogP contribution in [0.2, 0.25) is 0 Å². The summed E-state index contributed by atoms with van der Waals surface area (Å²) in [7, 11) is 1.72. The maximum Gasteiger partial charge on any atom is 0.144 e. The SMILES string of the molecule is COc1c(C)cc(C)cc1NC1CCC(C#N)CC1. The normalized spacial score (nSPS) is 22.6. The van der Waals surface area contributed by atoms with Crippen molar-refractivity contribution in [3.63, 3.8) is 0 Å². The Hall–Kier alpha value is -1.69. The molecular weight excluding hydrogens is 236 g/mol. The van der Waals surface area contributed by atoms with Crippen molar-refractivity contribution >= 4 is 5.69 Å². The van der Waals surface area contributed by atoms with Crippen LogP contribution in [0.3, 0.4) is 0 Å². The molecule has 1 saturated carbocycles. The average Bonchev–Trinajstić information content (AvgIpc) is 2.39. The fraction of sp³-hybridized carbons (Fsp3) is 0.562. The molecule has 1 fully saturated rings. The first-order valence-electron chi connectivity index (χ1n) is 6.95. The van der Waals surface area contributed by atoms with Gasteiger partial charge in [0.1, 0.15) is 5.75 Å². The van der Waals surface area contributed by atoms with Gasteiger partial charge in [-0.25, -0.2) is 0 Å². The Labute approximate surface area is 115 Å². The van der Waals surface area contributed by atoms with Crippen molar-refractivity contribution in [2.75, 3.05) is 12.4 Å². The summed E-state index contributed by atoms with van der Waals surface area (Å²) in [5.41, 5.74) is 3.49. The summed E-state index contributed by atoms with van der Waals surface area (Å²) < 4.78 is 5.50. The van der Waals surface area contributed by atoms with Crippen LogP contribution in [-0.2, 0) is 0 Å². The van der Waals surface area contributed by atoms with Gasteiger partial charge in [0.15, 0.2) is 0 Å². The summed E-state index contributed by atoms with van der Waals surface area (Å²) in [5, 5.41) is 12.5. The number of anilines is 1. The van der Waals surface area contributed by atoms with Crippen LogP contribution in [0.5, 0.6) is 5.75 Å². The lowest BCUT2D eigenvalue weighted by atomic mass is 9.87. The van der Waals surface area contributed by atoms with E-state index in [0.717, 1.165) is 42.7 Å². The van der Waals surface area contributed by atoms with Gasteiger partial charge < -0.3 is 10.1 Å². The molecule has 19 heavy (non-hydrogen) atoms. The molecular formula is C16H22N2O. The topological polar surface area (TPSA) is 45.0 Å². The second-order valence-electron chi connectivity index (χ2n) is 5.48.